The Hall–Kier alpha value is -2.23. The molecule has 4 nitrogen and oxygen atoms in total. The number of aromatic carboxylic acids is 1. The van der Waals surface area contributed by atoms with Gasteiger partial charge in [0.2, 0.25) is 5.76 Å². The summed E-state index contributed by atoms with van der Waals surface area (Å²) in [5.41, 5.74) is 1.19. The number of benzene rings is 1. The zero-order valence-electron chi connectivity index (χ0n) is 11.8. The van der Waals surface area contributed by atoms with Crippen molar-refractivity contribution in [3.63, 3.8) is 0 Å². The lowest BCUT2D eigenvalue weighted by Gasteiger charge is -2.14. The Morgan fingerprint density at radius 3 is 2.55 bits per heavy atom. The van der Waals surface area contributed by atoms with Crippen LogP contribution in [0.25, 0.3) is 0 Å². The van der Waals surface area contributed by atoms with Crippen LogP contribution in [0.1, 0.15) is 54.7 Å². The lowest BCUT2D eigenvalue weighted by molar-refractivity contribution is 0.0655. The van der Waals surface area contributed by atoms with Crippen LogP contribution in [0.4, 0.5) is 0 Å². The van der Waals surface area contributed by atoms with Gasteiger partial charge in [0.1, 0.15) is 11.5 Å². The number of ether oxygens (including phenoxy) is 1. The zero-order chi connectivity index (χ0) is 14.7. The normalized spacial score (nSPS) is 12.4. The van der Waals surface area contributed by atoms with Crippen molar-refractivity contribution in [1.82, 2.24) is 0 Å². The second-order valence-electron chi connectivity index (χ2n) is 4.99. The van der Waals surface area contributed by atoms with Crippen molar-refractivity contribution in [2.24, 2.45) is 0 Å². The van der Waals surface area contributed by atoms with Gasteiger partial charge in [-0.2, -0.15) is 0 Å². The maximum absolute atomic E-state index is 10.8. The molecule has 0 saturated carbocycles. The summed E-state index contributed by atoms with van der Waals surface area (Å²) in [7, 11) is 0. The summed E-state index contributed by atoms with van der Waals surface area (Å²) in [6.45, 7) is 6.06. The molecule has 106 valence electrons. The topological polar surface area (TPSA) is 59.7 Å². The van der Waals surface area contributed by atoms with E-state index in [0.29, 0.717) is 11.7 Å². The van der Waals surface area contributed by atoms with E-state index >= 15 is 0 Å². The zero-order valence-corrected chi connectivity index (χ0v) is 11.8. The maximum Gasteiger partial charge on any atom is 0.371 e. The van der Waals surface area contributed by atoms with Crippen LogP contribution in [0.5, 0.6) is 5.75 Å². The van der Waals surface area contributed by atoms with Crippen LogP contribution in [0.2, 0.25) is 0 Å². The van der Waals surface area contributed by atoms with Crippen molar-refractivity contribution in [2.75, 3.05) is 0 Å². The van der Waals surface area contributed by atoms with Gasteiger partial charge in [0.05, 0.1) is 0 Å². The lowest BCUT2D eigenvalue weighted by Crippen LogP contribution is -2.02. The molecule has 0 saturated heterocycles. The Morgan fingerprint density at radius 1 is 1.20 bits per heavy atom. The molecule has 2 rings (SSSR count). The van der Waals surface area contributed by atoms with Crippen molar-refractivity contribution < 1.29 is 19.1 Å². The number of carboxylic acids is 1. The van der Waals surface area contributed by atoms with E-state index in [1.165, 1.54) is 11.6 Å². The number of furan rings is 1. The molecule has 1 aromatic heterocycles. The molecule has 0 aliphatic carbocycles. The summed E-state index contributed by atoms with van der Waals surface area (Å²) in [6.07, 6.45) is -0.342. The molecule has 0 bridgehead atoms. The summed E-state index contributed by atoms with van der Waals surface area (Å²) in [5, 5.41) is 8.83. The van der Waals surface area contributed by atoms with Gasteiger partial charge < -0.3 is 14.3 Å². The fourth-order valence-corrected chi connectivity index (χ4v) is 1.90. The molecule has 0 radical (unpaired) electrons. The van der Waals surface area contributed by atoms with E-state index in [-0.39, 0.29) is 11.9 Å². The molecule has 20 heavy (non-hydrogen) atoms. The molecular weight excluding hydrogens is 256 g/mol. The number of hydrogen-bond donors (Lipinski definition) is 1. The van der Waals surface area contributed by atoms with Crippen LogP contribution in [0.15, 0.2) is 40.8 Å². The third-order valence-corrected chi connectivity index (χ3v) is 3.08. The molecule has 1 unspecified atom stereocenters. The quantitative estimate of drug-likeness (QED) is 0.885. The second-order valence-corrected chi connectivity index (χ2v) is 4.99. The summed E-state index contributed by atoms with van der Waals surface area (Å²) in [4.78, 5) is 10.8. The predicted molar refractivity (Wildman–Crippen MR) is 75.2 cm³/mol. The number of hydrogen-bond acceptors (Lipinski definition) is 3. The van der Waals surface area contributed by atoms with E-state index < -0.39 is 5.97 Å². The lowest BCUT2D eigenvalue weighted by atomic mass is 10.0. The smallest absolute Gasteiger partial charge is 0.371 e. The summed E-state index contributed by atoms with van der Waals surface area (Å²) >= 11 is 0. The van der Waals surface area contributed by atoms with Crippen LogP contribution < -0.4 is 4.74 Å². The molecule has 1 heterocycles. The highest BCUT2D eigenvalue weighted by Crippen LogP contribution is 2.26. The predicted octanol–water partition coefficient (Wildman–Crippen LogP) is 4.24. The van der Waals surface area contributed by atoms with Crippen molar-refractivity contribution in [2.45, 2.75) is 32.8 Å². The molecular formula is C16H18O4. The van der Waals surface area contributed by atoms with Gasteiger partial charge in [-0.15, -0.1) is 0 Å². The second kappa shape index (κ2) is 5.82. The molecule has 1 N–H and O–H groups in total. The van der Waals surface area contributed by atoms with Gasteiger partial charge in [-0.3, -0.25) is 0 Å². The third kappa shape index (κ3) is 3.20. The van der Waals surface area contributed by atoms with Crippen molar-refractivity contribution in [3.8, 4) is 5.75 Å². The largest absolute Gasteiger partial charge is 0.483 e. The van der Waals surface area contributed by atoms with Crippen molar-refractivity contribution >= 4 is 5.97 Å². The Morgan fingerprint density at radius 2 is 1.95 bits per heavy atom. The van der Waals surface area contributed by atoms with Gasteiger partial charge in [0, 0.05) is 0 Å². The summed E-state index contributed by atoms with van der Waals surface area (Å²) in [5.74, 6) is 0.516. The van der Waals surface area contributed by atoms with E-state index in [0.717, 1.165) is 5.75 Å². The molecule has 1 aromatic carbocycles. The van der Waals surface area contributed by atoms with Gasteiger partial charge in [-0.25, -0.2) is 4.79 Å². The van der Waals surface area contributed by atoms with Gasteiger partial charge in [-0.05, 0) is 42.7 Å². The molecule has 0 spiro atoms. The number of carbonyl (C=O) groups is 1. The van der Waals surface area contributed by atoms with Crippen LogP contribution in [-0.2, 0) is 0 Å². The van der Waals surface area contributed by atoms with Gasteiger partial charge in [0.15, 0.2) is 6.10 Å². The van der Waals surface area contributed by atoms with E-state index in [9.17, 15) is 4.79 Å². The van der Waals surface area contributed by atoms with Crippen LogP contribution in [0.3, 0.4) is 0 Å². The minimum absolute atomic E-state index is 0.0774. The molecule has 0 aliphatic rings. The fourth-order valence-electron chi connectivity index (χ4n) is 1.90. The first-order valence-electron chi connectivity index (χ1n) is 6.57. The van der Waals surface area contributed by atoms with Crippen LogP contribution in [-0.4, -0.2) is 11.1 Å². The Balaban J connectivity index is 2.12. The molecule has 0 fully saturated rings. The van der Waals surface area contributed by atoms with E-state index in [4.69, 9.17) is 14.3 Å². The first-order chi connectivity index (χ1) is 9.47. The van der Waals surface area contributed by atoms with Crippen LogP contribution >= 0.6 is 0 Å². The van der Waals surface area contributed by atoms with E-state index in [2.05, 4.69) is 19.9 Å². The van der Waals surface area contributed by atoms with E-state index in [1.54, 1.807) is 6.07 Å². The van der Waals surface area contributed by atoms with Crippen molar-refractivity contribution in [1.29, 1.82) is 0 Å². The monoisotopic (exact) mass is 274 g/mol. The average molecular weight is 274 g/mol. The molecule has 0 aliphatic heterocycles. The standard InChI is InChI=1S/C16H18O4/c1-10(2)12-5-4-6-13(9-12)19-11(3)14-7-8-15(20-14)16(17)18/h4-11H,1-3H3,(H,17,18). The highest BCUT2D eigenvalue weighted by atomic mass is 16.5. The minimum Gasteiger partial charge on any atom is -0.483 e. The molecule has 0 amide bonds. The minimum atomic E-state index is -1.08. The SMILES string of the molecule is CC(C)c1cccc(OC(C)c2ccc(C(=O)O)o2)c1. The Kier molecular flexibility index (Phi) is 4.13. The Labute approximate surface area is 118 Å². The summed E-state index contributed by atoms with van der Waals surface area (Å²) in [6, 6.07) is 10.9. The number of carboxylic acid groups (broad SMARTS) is 1. The first kappa shape index (κ1) is 14.2. The van der Waals surface area contributed by atoms with Gasteiger partial charge in [-0.1, -0.05) is 26.0 Å². The average Bonchev–Trinajstić information content (AvgIpc) is 2.88. The van der Waals surface area contributed by atoms with Crippen LogP contribution in [0, 0.1) is 0 Å². The van der Waals surface area contributed by atoms with E-state index in [1.807, 2.05) is 25.1 Å². The first-order valence-corrected chi connectivity index (χ1v) is 6.57. The molecule has 2 aromatic rings. The number of rotatable bonds is 5. The van der Waals surface area contributed by atoms with Crippen molar-refractivity contribution in [3.05, 3.63) is 53.5 Å². The summed E-state index contributed by atoms with van der Waals surface area (Å²) < 4.78 is 11.0. The third-order valence-electron chi connectivity index (χ3n) is 3.08. The fraction of sp³-hybridized carbons (Fsp3) is 0.312. The Bertz CT molecular complexity index is 598. The van der Waals surface area contributed by atoms with Gasteiger partial charge in [0.25, 0.3) is 0 Å². The van der Waals surface area contributed by atoms with Gasteiger partial charge >= 0.3 is 5.97 Å². The maximum atomic E-state index is 10.8. The molecule has 4 heteroatoms. The molecule has 1 atom stereocenters. The highest BCUT2D eigenvalue weighted by molar-refractivity contribution is 5.84. The highest BCUT2D eigenvalue weighted by Gasteiger charge is 2.15.